The molecule has 4 nitrogen and oxygen atoms in total. The van der Waals surface area contributed by atoms with Gasteiger partial charge in [0, 0.05) is 0 Å². The van der Waals surface area contributed by atoms with E-state index >= 15 is 0 Å². The summed E-state index contributed by atoms with van der Waals surface area (Å²) in [6.45, 7) is 14.0. The molecule has 0 spiro atoms. The minimum atomic E-state index is -5.25. The zero-order valence-electron chi connectivity index (χ0n) is 21.8. The van der Waals surface area contributed by atoms with Gasteiger partial charge in [-0.2, -0.15) is 0 Å². The van der Waals surface area contributed by atoms with Crippen LogP contribution in [0.3, 0.4) is 0 Å². The Morgan fingerprint density at radius 1 is 0.452 bits per heavy atom. The Morgan fingerprint density at radius 2 is 0.581 bits per heavy atom. The van der Waals surface area contributed by atoms with Crippen molar-refractivity contribution in [1.29, 1.82) is 0 Å². The van der Waals surface area contributed by atoms with Crippen molar-refractivity contribution in [3.63, 3.8) is 0 Å². The number of hydrogen-bond donors (Lipinski definition) is 2. The predicted octanol–water partition coefficient (Wildman–Crippen LogP) is 8.41. The van der Waals surface area contributed by atoms with E-state index in [2.05, 4.69) is 41.5 Å². The van der Waals surface area contributed by atoms with Crippen LogP contribution < -0.4 is 0 Å². The van der Waals surface area contributed by atoms with Crippen LogP contribution in [0.1, 0.15) is 119 Å². The molecular weight excluding hydrogens is 642 g/mol. The predicted molar refractivity (Wildman–Crippen MR) is 136 cm³/mol. The molecule has 190 valence electrons. The molecule has 31 heavy (non-hydrogen) atoms. The van der Waals surface area contributed by atoms with Crippen LogP contribution in [-0.2, 0) is 21.2 Å². The number of unbranched alkanes of at least 4 members (excludes halogenated alkanes) is 6. The van der Waals surface area contributed by atoms with Crippen LogP contribution in [0.2, 0.25) is 26.6 Å². The van der Waals surface area contributed by atoms with Crippen LogP contribution in [0.4, 0.5) is 0 Å². The molecule has 0 aromatic carbocycles. The molecule has 0 fully saturated rings. The molecular formula is C24H56CrO4Sn2. The van der Waals surface area contributed by atoms with Crippen LogP contribution in [-0.4, -0.2) is 47.8 Å². The first kappa shape index (κ1) is 37.2. The van der Waals surface area contributed by atoms with Gasteiger partial charge >= 0.3 is 214 Å². The fraction of sp³-hybridized carbons (Fsp3) is 1.00. The molecule has 2 radical (unpaired) electrons. The van der Waals surface area contributed by atoms with Gasteiger partial charge in [0.2, 0.25) is 0 Å². The second kappa shape index (κ2) is 29.7. The van der Waals surface area contributed by atoms with Gasteiger partial charge in [0.05, 0.1) is 0 Å². The van der Waals surface area contributed by atoms with Gasteiger partial charge < -0.3 is 0 Å². The summed E-state index contributed by atoms with van der Waals surface area (Å²) in [7, 11) is 0. The summed E-state index contributed by atoms with van der Waals surface area (Å²) in [5.74, 6) is 0. The van der Waals surface area contributed by atoms with Gasteiger partial charge in [0.1, 0.15) is 0 Å². The summed E-state index contributed by atoms with van der Waals surface area (Å²) in [6.07, 6.45) is 17.7. The molecule has 0 aromatic rings. The number of hydrogen-bond acceptors (Lipinski definition) is 2. The Labute approximate surface area is 212 Å². The first-order chi connectivity index (χ1) is 14.7. The molecule has 0 aliphatic heterocycles. The third-order valence-electron chi connectivity index (χ3n) is 5.30. The molecule has 7 heteroatoms. The molecule has 0 aliphatic rings. The van der Waals surface area contributed by atoms with Crippen molar-refractivity contribution in [2.45, 2.75) is 145 Å². The second-order valence-corrected chi connectivity index (χ2v) is 27.1. The molecule has 0 atom stereocenters. The Balaban J connectivity index is -0.000000416. The summed E-state index contributed by atoms with van der Waals surface area (Å²) in [4.78, 5) is 0. The van der Waals surface area contributed by atoms with Gasteiger partial charge in [0.15, 0.2) is 0 Å². The minimum absolute atomic E-state index is 0.839. The second-order valence-electron chi connectivity index (χ2n) is 8.57. The van der Waals surface area contributed by atoms with Crippen molar-refractivity contribution in [2.75, 3.05) is 0 Å². The SMILES string of the molecule is CCC[CH2][Sn]([CH2]CCC)[CH2]CCC.CCC[CH2][Sn]([CH2]CCC)[CH2]CCC.[O]=[Cr](=[O])([OH])[OH]. The van der Waals surface area contributed by atoms with Gasteiger partial charge in [-0.3, -0.25) is 0 Å². The van der Waals surface area contributed by atoms with Crippen molar-refractivity contribution in [3.05, 3.63) is 0 Å². The van der Waals surface area contributed by atoms with Gasteiger partial charge in [0.25, 0.3) is 0 Å². The molecule has 0 aromatic heterocycles. The summed E-state index contributed by atoms with van der Waals surface area (Å²) < 4.78 is 42.0. The van der Waals surface area contributed by atoms with Gasteiger partial charge in [-0.1, -0.05) is 0 Å². The molecule has 0 heterocycles. The van der Waals surface area contributed by atoms with Gasteiger partial charge in [-0.15, -0.1) is 0 Å². The average molecular weight is 698 g/mol. The number of rotatable bonds is 18. The van der Waals surface area contributed by atoms with Crippen molar-refractivity contribution in [3.8, 4) is 0 Å². The molecule has 0 rings (SSSR count). The van der Waals surface area contributed by atoms with Crippen molar-refractivity contribution >= 4 is 39.5 Å². The molecule has 0 amide bonds. The summed E-state index contributed by atoms with van der Waals surface area (Å²) in [5, 5.41) is 0. The van der Waals surface area contributed by atoms with Crippen molar-refractivity contribution in [2.24, 2.45) is 0 Å². The Morgan fingerprint density at radius 3 is 0.677 bits per heavy atom. The van der Waals surface area contributed by atoms with Crippen LogP contribution in [0, 0.1) is 0 Å². The summed E-state index contributed by atoms with van der Waals surface area (Å²) in [6, 6.07) is 0. The molecule has 0 aliphatic carbocycles. The fourth-order valence-corrected chi connectivity index (χ4v) is 22.2. The molecule has 2 N–H and O–H groups in total. The zero-order chi connectivity index (χ0) is 24.4. The third kappa shape index (κ3) is 42.3. The fourth-order valence-electron chi connectivity index (χ4n) is 3.31. The standard InChI is InChI=1S/6C4H9.Cr.2H2O.2O.2Sn/c6*1-3-4-2;;;;;;;/h6*1,3-4H2,2H3;;2*1H2;;;;/q;;;;;;+2;;;;;;/p-2. The van der Waals surface area contributed by atoms with E-state index in [9.17, 15) is 0 Å². The van der Waals surface area contributed by atoms with E-state index in [0.29, 0.717) is 0 Å². The Hall–Kier alpha value is 1.65. The maximum absolute atomic E-state index is 8.82. The van der Waals surface area contributed by atoms with E-state index in [1.54, 1.807) is 26.6 Å². The van der Waals surface area contributed by atoms with Crippen LogP contribution in [0.5, 0.6) is 0 Å². The molecule has 0 unspecified atom stereocenters. The van der Waals surface area contributed by atoms with E-state index in [-0.39, 0.29) is 0 Å². The maximum atomic E-state index is 8.82. The first-order valence-electron chi connectivity index (χ1n) is 13.1. The zero-order valence-corrected chi connectivity index (χ0v) is 28.8. The van der Waals surface area contributed by atoms with Crippen molar-refractivity contribution < 1.29 is 29.5 Å². The van der Waals surface area contributed by atoms with Crippen LogP contribution in [0.15, 0.2) is 0 Å². The molecule has 0 saturated carbocycles. The Bertz CT molecular complexity index is 350. The van der Waals surface area contributed by atoms with Gasteiger partial charge in [-0.25, -0.2) is 0 Å². The van der Waals surface area contributed by atoms with E-state index < -0.39 is 53.1 Å². The molecule has 0 saturated heterocycles. The summed E-state index contributed by atoms with van der Waals surface area (Å²) >= 11 is -6.93. The quantitative estimate of drug-likeness (QED) is 0.141. The Kier molecular flexibility index (Phi) is 35.6. The normalized spacial score (nSPS) is 11.2. The van der Waals surface area contributed by atoms with E-state index in [0.717, 1.165) is 0 Å². The summed E-state index contributed by atoms with van der Waals surface area (Å²) in [5.41, 5.74) is 0. The van der Waals surface area contributed by atoms with E-state index in [4.69, 9.17) is 15.9 Å². The van der Waals surface area contributed by atoms with Crippen molar-refractivity contribution in [1.82, 2.24) is 0 Å². The topological polar surface area (TPSA) is 74.6 Å². The van der Waals surface area contributed by atoms with E-state index in [1.807, 2.05) is 0 Å². The molecule has 0 bridgehead atoms. The van der Waals surface area contributed by atoms with Crippen LogP contribution in [0.25, 0.3) is 0 Å². The first-order valence-corrected chi connectivity index (χ1v) is 27.4. The van der Waals surface area contributed by atoms with Crippen LogP contribution >= 0.6 is 0 Å². The van der Waals surface area contributed by atoms with E-state index in [1.165, 1.54) is 77.0 Å². The average Bonchev–Trinajstić information content (AvgIpc) is 2.72. The monoisotopic (exact) mass is 700 g/mol. The third-order valence-corrected chi connectivity index (χ3v) is 23.5. The van der Waals surface area contributed by atoms with Gasteiger partial charge in [-0.05, 0) is 0 Å².